The average molecular weight is 339 g/mol. The van der Waals surface area contributed by atoms with E-state index in [-0.39, 0.29) is 11.9 Å². The minimum atomic E-state index is -0.166. The summed E-state index contributed by atoms with van der Waals surface area (Å²) in [5.74, 6) is 2.07. The smallest absolute Gasteiger partial charge is 0.287 e. The van der Waals surface area contributed by atoms with Crippen LogP contribution in [0.3, 0.4) is 0 Å². The van der Waals surface area contributed by atoms with Crippen molar-refractivity contribution in [3.05, 3.63) is 47.7 Å². The summed E-state index contributed by atoms with van der Waals surface area (Å²) >= 11 is 0. The van der Waals surface area contributed by atoms with E-state index in [2.05, 4.69) is 14.9 Å². The van der Waals surface area contributed by atoms with Gasteiger partial charge in [0.1, 0.15) is 17.2 Å². The first-order chi connectivity index (χ1) is 12.2. The summed E-state index contributed by atoms with van der Waals surface area (Å²) in [6.07, 6.45) is 5.51. The van der Waals surface area contributed by atoms with E-state index in [1.165, 1.54) is 0 Å². The number of hydrogen-bond acceptors (Lipinski definition) is 4. The molecule has 0 bridgehead atoms. The molecule has 130 valence electrons. The molecule has 1 aromatic carbocycles. The zero-order chi connectivity index (χ0) is 17.4. The van der Waals surface area contributed by atoms with Crippen molar-refractivity contribution >= 4 is 16.9 Å². The van der Waals surface area contributed by atoms with Crippen LogP contribution in [0.2, 0.25) is 0 Å². The van der Waals surface area contributed by atoms with Crippen molar-refractivity contribution in [3.63, 3.8) is 0 Å². The van der Waals surface area contributed by atoms with Crippen molar-refractivity contribution in [1.29, 1.82) is 0 Å². The monoisotopic (exact) mass is 339 g/mol. The zero-order valence-electron chi connectivity index (χ0n) is 14.4. The molecule has 3 heterocycles. The highest BCUT2D eigenvalue weighted by Gasteiger charge is 2.24. The molecule has 0 unspecified atom stereocenters. The maximum Gasteiger partial charge on any atom is 0.287 e. The lowest BCUT2D eigenvalue weighted by atomic mass is 10.1. The molecule has 6 nitrogen and oxygen atoms in total. The standard InChI is InChI=1S/C19H21N3O3/c1-3-24-14-5-6-16-15(10-14)12(2)18(25-16)19(23)21-13-4-7-17-20-8-9-22(17)11-13/h5-6,8-10,13H,3-4,7,11H2,1-2H3,(H,21,23)/t13-/m0/s1. The van der Waals surface area contributed by atoms with Crippen molar-refractivity contribution in [1.82, 2.24) is 14.9 Å². The number of aryl methyl sites for hydroxylation is 2. The van der Waals surface area contributed by atoms with E-state index in [1.807, 2.05) is 38.2 Å². The number of rotatable bonds is 4. The Morgan fingerprint density at radius 3 is 3.20 bits per heavy atom. The van der Waals surface area contributed by atoms with E-state index in [1.54, 1.807) is 6.20 Å². The number of aromatic nitrogens is 2. The normalized spacial score (nSPS) is 16.6. The predicted molar refractivity (Wildman–Crippen MR) is 93.9 cm³/mol. The summed E-state index contributed by atoms with van der Waals surface area (Å²) in [6.45, 7) is 5.20. The quantitative estimate of drug-likeness (QED) is 0.793. The van der Waals surface area contributed by atoms with Crippen LogP contribution in [0.25, 0.3) is 11.0 Å². The fourth-order valence-electron chi connectivity index (χ4n) is 3.41. The number of ether oxygens (including phenoxy) is 1. The number of nitrogens with zero attached hydrogens (tertiary/aromatic N) is 2. The Bertz CT molecular complexity index is 925. The Morgan fingerprint density at radius 2 is 2.36 bits per heavy atom. The van der Waals surface area contributed by atoms with Gasteiger partial charge in [-0.25, -0.2) is 4.98 Å². The molecule has 4 rings (SSSR count). The largest absolute Gasteiger partial charge is 0.494 e. The molecule has 25 heavy (non-hydrogen) atoms. The average Bonchev–Trinajstić information content (AvgIpc) is 3.20. The lowest BCUT2D eigenvalue weighted by Gasteiger charge is -2.24. The number of carbonyl (C=O) groups is 1. The zero-order valence-corrected chi connectivity index (χ0v) is 14.4. The Morgan fingerprint density at radius 1 is 1.48 bits per heavy atom. The third-order valence-electron chi connectivity index (χ3n) is 4.70. The van der Waals surface area contributed by atoms with Gasteiger partial charge in [-0.3, -0.25) is 4.79 Å². The second-order valence-corrected chi connectivity index (χ2v) is 6.35. The molecule has 2 aromatic heterocycles. The fraction of sp³-hybridized carbons (Fsp3) is 0.368. The van der Waals surface area contributed by atoms with Crippen LogP contribution in [0.4, 0.5) is 0 Å². The third-order valence-corrected chi connectivity index (χ3v) is 4.70. The summed E-state index contributed by atoms with van der Waals surface area (Å²) in [5, 5.41) is 4.01. The van der Waals surface area contributed by atoms with Crippen molar-refractivity contribution < 1.29 is 13.9 Å². The molecule has 0 spiro atoms. The van der Waals surface area contributed by atoms with Gasteiger partial charge in [-0.15, -0.1) is 0 Å². The summed E-state index contributed by atoms with van der Waals surface area (Å²) in [4.78, 5) is 17.0. The van der Waals surface area contributed by atoms with Gasteiger partial charge in [-0.1, -0.05) is 0 Å². The van der Waals surface area contributed by atoms with Gasteiger partial charge in [-0.2, -0.15) is 0 Å². The Labute approximate surface area is 145 Å². The summed E-state index contributed by atoms with van der Waals surface area (Å²) in [7, 11) is 0. The predicted octanol–water partition coefficient (Wildman–Crippen LogP) is 3.08. The van der Waals surface area contributed by atoms with Crippen molar-refractivity contribution in [3.8, 4) is 5.75 Å². The molecule has 0 aliphatic carbocycles. The highest BCUT2D eigenvalue weighted by molar-refractivity contribution is 5.99. The van der Waals surface area contributed by atoms with Gasteiger partial charge in [0.25, 0.3) is 5.91 Å². The molecule has 1 amide bonds. The number of carbonyl (C=O) groups excluding carboxylic acids is 1. The number of fused-ring (bicyclic) bond motifs is 2. The molecule has 0 saturated carbocycles. The molecule has 6 heteroatoms. The molecule has 1 aliphatic rings. The van der Waals surface area contributed by atoms with Gasteiger partial charge in [-0.05, 0) is 38.5 Å². The first-order valence-electron chi connectivity index (χ1n) is 8.62. The SMILES string of the molecule is CCOc1ccc2oc(C(=O)N[C@H]3CCc4nccn4C3)c(C)c2c1. The van der Waals surface area contributed by atoms with Crippen molar-refractivity contribution in [2.24, 2.45) is 0 Å². The number of hydrogen-bond donors (Lipinski definition) is 1. The Hall–Kier alpha value is -2.76. The van der Waals surface area contributed by atoms with Gasteiger partial charge < -0.3 is 19.0 Å². The van der Waals surface area contributed by atoms with Crippen LogP contribution in [-0.4, -0.2) is 28.1 Å². The maximum atomic E-state index is 12.7. The van der Waals surface area contributed by atoms with E-state index in [4.69, 9.17) is 9.15 Å². The van der Waals surface area contributed by atoms with E-state index < -0.39 is 0 Å². The van der Waals surface area contributed by atoms with Gasteiger partial charge in [0.15, 0.2) is 5.76 Å². The molecular formula is C19H21N3O3. The lowest BCUT2D eigenvalue weighted by Crippen LogP contribution is -2.40. The van der Waals surface area contributed by atoms with Crippen LogP contribution in [0.15, 0.2) is 35.0 Å². The van der Waals surface area contributed by atoms with E-state index in [9.17, 15) is 4.79 Å². The highest BCUT2D eigenvalue weighted by Crippen LogP contribution is 2.29. The fourth-order valence-corrected chi connectivity index (χ4v) is 3.41. The second kappa shape index (κ2) is 6.27. The minimum absolute atomic E-state index is 0.0841. The molecular weight excluding hydrogens is 318 g/mol. The molecule has 1 aliphatic heterocycles. The van der Waals surface area contributed by atoms with Crippen LogP contribution in [0.1, 0.15) is 35.3 Å². The molecule has 0 fully saturated rings. The van der Waals surface area contributed by atoms with Crippen molar-refractivity contribution in [2.75, 3.05) is 6.61 Å². The molecule has 1 N–H and O–H groups in total. The Kier molecular flexibility index (Phi) is 3.95. The summed E-state index contributed by atoms with van der Waals surface area (Å²) < 4.78 is 13.4. The number of benzene rings is 1. The van der Waals surface area contributed by atoms with Crippen LogP contribution in [0.5, 0.6) is 5.75 Å². The molecule has 0 radical (unpaired) electrons. The molecule has 0 saturated heterocycles. The number of imidazole rings is 1. The number of furan rings is 1. The van der Waals surface area contributed by atoms with E-state index in [0.29, 0.717) is 18.0 Å². The van der Waals surface area contributed by atoms with Crippen LogP contribution in [-0.2, 0) is 13.0 Å². The van der Waals surface area contributed by atoms with Gasteiger partial charge in [0.2, 0.25) is 0 Å². The minimum Gasteiger partial charge on any atom is -0.494 e. The highest BCUT2D eigenvalue weighted by atomic mass is 16.5. The second-order valence-electron chi connectivity index (χ2n) is 6.35. The van der Waals surface area contributed by atoms with Crippen LogP contribution in [0, 0.1) is 6.92 Å². The first-order valence-corrected chi connectivity index (χ1v) is 8.62. The Balaban J connectivity index is 1.55. The van der Waals surface area contributed by atoms with Gasteiger partial charge in [0, 0.05) is 42.4 Å². The number of amides is 1. The third kappa shape index (κ3) is 2.88. The lowest BCUT2D eigenvalue weighted by molar-refractivity contribution is 0.0900. The van der Waals surface area contributed by atoms with Gasteiger partial charge in [0.05, 0.1) is 6.61 Å². The van der Waals surface area contributed by atoms with Crippen LogP contribution >= 0.6 is 0 Å². The maximum absolute atomic E-state index is 12.7. The number of nitrogens with one attached hydrogen (secondary N) is 1. The van der Waals surface area contributed by atoms with Crippen LogP contribution < -0.4 is 10.1 Å². The van der Waals surface area contributed by atoms with Gasteiger partial charge >= 0.3 is 0 Å². The van der Waals surface area contributed by atoms with E-state index >= 15 is 0 Å². The summed E-state index contributed by atoms with van der Waals surface area (Å²) in [6, 6.07) is 5.72. The first kappa shape index (κ1) is 15.7. The summed E-state index contributed by atoms with van der Waals surface area (Å²) in [5.41, 5.74) is 1.54. The van der Waals surface area contributed by atoms with Crippen molar-refractivity contribution in [2.45, 2.75) is 39.3 Å². The van der Waals surface area contributed by atoms with E-state index in [0.717, 1.165) is 41.9 Å². The molecule has 3 aromatic rings. The molecule has 1 atom stereocenters. The topological polar surface area (TPSA) is 69.3 Å².